The highest BCUT2D eigenvalue weighted by Crippen LogP contribution is 2.34. The number of methoxy groups -OCH3 is 1. The lowest BCUT2D eigenvalue weighted by Crippen LogP contribution is -2.42. The molecule has 2 atom stereocenters. The van der Waals surface area contributed by atoms with Crippen molar-refractivity contribution < 1.29 is 18.7 Å². The minimum Gasteiger partial charge on any atom is -0.467 e. The Balaban J connectivity index is 1.94. The molecule has 0 bridgehead atoms. The van der Waals surface area contributed by atoms with Crippen molar-refractivity contribution >= 4 is 5.91 Å². The fourth-order valence-corrected chi connectivity index (χ4v) is 2.58. The predicted octanol–water partition coefficient (Wildman–Crippen LogP) is 2.24. The third-order valence-electron chi connectivity index (χ3n) is 3.71. The number of rotatable bonds is 6. The molecule has 0 aliphatic carbocycles. The first-order chi connectivity index (χ1) is 9.72. The minimum atomic E-state index is 0.0226. The van der Waals surface area contributed by atoms with E-state index >= 15 is 0 Å². The average Bonchev–Trinajstić information content (AvgIpc) is 2.97. The van der Waals surface area contributed by atoms with Gasteiger partial charge in [0.15, 0.2) is 0 Å². The van der Waals surface area contributed by atoms with Crippen LogP contribution in [0.3, 0.4) is 0 Å². The number of hydrogen-bond acceptors (Lipinski definition) is 4. The molecule has 1 amide bonds. The van der Waals surface area contributed by atoms with Gasteiger partial charge in [0.2, 0.25) is 5.91 Å². The predicted molar refractivity (Wildman–Crippen MR) is 74.3 cm³/mol. The van der Waals surface area contributed by atoms with Crippen molar-refractivity contribution in [3.8, 4) is 0 Å². The topological polar surface area (TPSA) is 51.9 Å². The smallest absolute Gasteiger partial charge is 0.249 e. The van der Waals surface area contributed by atoms with Crippen LogP contribution in [-0.4, -0.2) is 44.3 Å². The monoisotopic (exact) mass is 281 g/mol. The van der Waals surface area contributed by atoms with Crippen LogP contribution < -0.4 is 0 Å². The molecule has 5 heteroatoms. The molecule has 1 fully saturated rings. The largest absolute Gasteiger partial charge is 0.467 e. The first kappa shape index (κ1) is 15.1. The zero-order chi connectivity index (χ0) is 14.4. The van der Waals surface area contributed by atoms with Crippen LogP contribution in [-0.2, 0) is 14.3 Å². The molecule has 5 nitrogen and oxygen atoms in total. The molecule has 2 heterocycles. The summed E-state index contributed by atoms with van der Waals surface area (Å²) in [6.07, 6.45) is 3.63. The average molecular weight is 281 g/mol. The van der Waals surface area contributed by atoms with Gasteiger partial charge in [-0.2, -0.15) is 0 Å². The second kappa shape index (κ2) is 7.45. The zero-order valence-electron chi connectivity index (χ0n) is 12.2. The van der Waals surface area contributed by atoms with Crippen molar-refractivity contribution in [2.75, 3.05) is 33.5 Å². The van der Waals surface area contributed by atoms with E-state index in [9.17, 15) is 4.79 Å². The van der Waals surface area contributed by atoms with E-state index in [1.54, 1.807) is 13.4 Å². The van der Waals surface area contributed by atoms with Gasteiger partial charge in [0.05, 0.1) is 25.5 Å². The molecule has 1 saturated heterocycles. The number of carbonyl (C=O) groups is 1. The number of piperidine rings is 1. The van der Waals surface area contributed by atoms with Gasteiger partial charge in [-0.15, -0.1) is 0 Å². The van der Waals surface area contributed by atoms with E-state index < -0.39 is 0 Å². The number of carbonyl (C=O) groups excluding carboxylic acids is 1. The molecule has 1 aliphatic heterocycles. The molecule has 112 valence electrons. The lowest BCUT2D eigenvalue weighted by Gasteiger charge is -2.37. The maximum atomic E-state index is 12.3. The summed E-state index contributed by atoms with van der Waals surface area (Å²) in [5.74, 6) is 1.49. The Kier molecular flexibility index (Phi) is 5.61. The first-order valence-corrected chi connectivity index (χ1v) is 7.12. The number of amides is 1. The molecule has 2 rings (SSSR count). The summed E-state index contributed by atoms with van der Waals surface area (Å²) >= 11 is 0. The van der Waals surface area contributed by atoms with E-state index in [1.165, 1.54) is 0 Å². The van der Waals surface area contributed by atoms with Gasteiger partial charge in [-0.05, 0) is 30.9 Å². The Bertz CT molecular complexity index is 404. The molecular weight excluding hydrogens is 258 g/mol. The Morgan fingerprint density at radius 3 is 3.05 bits per heavy atom. The molecule has 1 aromatic rings. The molecular formula is C15H23NO4. The molecule has 1 aliphatic rings. The van der Waals surface area contributed by atoms with E-state index in [0.717, 1.165) is 25.1 Å². The molecule has 0 N–H and O–H groups in total. The summed E-state index contributed by atoms with van der Waals surface area (Å²) in [5.41, 5.74) is 0. The quantitative estimate of drug-likeness (QED) is 0.750. The fourth-order valence-electron chi connectivity index (χ4n) is 2.58. The number of furan rings is 1. The van der Waals surface area contributed by atoms with Crippen LogP contribution in [0.15, 0.2) is 22.8 Å². The summed E-state index contributed by atoms with van der Waals surface area (Å²) in [6.45, 7) is 4.03. The van der Waals surface area contributed by atoms with Crippen LogP contribution in [0.1, 0.15) is 31.6 Å². The third kappa shape index (κ3) is 3.84. The lowest BCUT2D eigenvalue weighted by atomic mass is 9.91. The normalized spacial score (nSPS) is 23.0. The molecule has 0 spiro atoms. The molecule has 0 unspecified atom stereocenters. The Morgan fingerprint density at radius 2 is 2.35 bits per heavy atom. The maximum Gasteiger partial charge on any atom is 0.249 e. The lowest BCUT2D eigenvalue weighted by molar-refractivity contribution is -0.141. The van der Waals surface area contributed by atoms with Crippen molar-refractivity contribution in [1.29, 1.82) is 0 Å². The highest BCUT2D eigenvalue weighted by molar-refractivity contribution is 5.78. The molecule has 1 aromatic heterocycles. The SMILES string of the molecule is COCCOCC(=O)N1CC[C@H](C)C[C@H]1c1ccco1. The first-order valence-electron chi connectivity index (χ1n) is 7.12. The number of hydrogen-bond donors (Lipinski definition) is 0. The van der Waals surface area contributed by atoms with Crippen LogP contribution in [0, 0.1) is 5.92 Å². The van der Waals surface area contributed by atoms with Gasteiger partial charge < -0.3 is 18.8 Å². The highest BCUT2D eigenvalue weighted by atomic mass is 16.5. The second-order valence-corrected chi connectivity index (χ2v) is 5.29. The molecule has 0 radical (unpaired) electrons. The van der Waals surface area contributed by atoms with E-state index in [2.05, 4.69) is 6.92 Å². The van der Waals surface area contributed by atoms with Crippen LogP contribution in [0.5, 0.6) is 0 Å². The van der Waals surface area contributed by atoms with Gasteiger partial charge in [0.1, 0.15) is 12.4 Å². The van der Waals surface area contributed by atoms with Crippen molar-refractivity contribution in [2.45, 2.75) is 25.8 Å². The van der Waals surface area contributed by atoms with Crippen LogP contribution in [0.4, 0.5) is 0 Å². The van der Waals surface area contributed by atoms with Crippen molar-refractivity contribution in [3.63, 3.8) is 0 Å². The third-order valence-corrected chi connectivity index (χ3v) is 3.71. The van der Waals surface area contributed by atoms with Crippen molar-refractivity contribution in [2.24, 2.45) is 5.92 Å². The summed E-state index contributed by atoms with van der Waals surface area (Å²) in [5, 5.41) is 0. The second-order valence-electron chi connectivity index (χ2n) is 5.29. The van der Waals surface area contributed by atoms with E-state index in [1.807, 2.05) is 17.0 Å². The highest BCUT2D eigenvalue weighted by Gasteiger charge is 2.32. The van der Waals surface area contributed by atoms with Gasteiger partial charge >= 0.3 is 0 Å². The van der Waals surface area contributed by atoms with Crippen LogP contribution in [0.25, 0.3) is 0 Å². The van der Waals surface area contributed by atoms with Crippen LogP contribution in [0.2, 0.25) is 0 Å². The molecule has 20 heavy (non-hydrogen) atoms. The number of nitrogens with zero attached hydrogens (tertiary/aromatic N) is 1. The minimum absolute atomic E-state index is 0.0226. The summed E-state index contributed by atoms with van der Waals surface area (Å²) in [4.78, 5) is 14.2. The zero-order valence-corrected chi connectivity index (χ0v) is 12.2. The van der Waals surface area contributed by atoms with Crippen LogP contribution >= 0.6 is 0 Å². The number of likely N-dealkylation sites (tertiary alicyclic amines) is 1. The van der Waals surface area contributed by atoms with Gasteiger partial charge in [0, 0.05) is 13.7 Å². The van der Waals surface area contributed by atoms with Crippen molar-refractivity contribution in [3.05, 3.63) is 24.2 Å². The summed E-state index contributed by atoms with van der Waals surface area (Å²) < 4.78 is 15.7. The molecule has 0 aromatic carbocycles. The number of ether oxygens (including phenoxy) is 2. The fraction of sp³-hybridized carbons (Fsp3) is 0.667. The molecule has 0 saturated carbocycles. The Morgan fingerprint density at radius 1 is 1.50 bits per heavy atom. The van der Waals surface area contributed by atoms with Crippen molar-refractivity contribution in [1.82, 2.24) is 4.90 Å². The van der Waals surface area contributed by atoms with E-state index in [0.29, 0.717) is 19.1 Å². The van der Waals surface area contributed by atoms with Gasteiger partial charge in [0.25, 0.3) is 0 Å². The standard InChI is InChI=1S/C15H23NO4/c1-12-5-6-16(15(17)11-19-9-8-18-2)13(10-12)14-4-3-7-20-14/h3-4,7,12-13H,5-6,8-11H2,1-2H3/t12-,13-/m0/s1. The van der Waals surface area contributed by atoms with Gasteiger partial charge in [-0.3, -0.25) is 4.79 Å². The Hall–Kier alpha value is -1.33. The maximum absolute atomic E-state index is 12.3. The summed E-state index contributed by atoms with van der Waals surface area (Å²) in [7, 11) is 1.62. The van der Waals surface area contributed by atoms with Gasteiger partial charge in [-0.25, -0.2) is 0 Å². The van der Waals surface area contributed by atoms with E-state index in [4.69, 9.17) is 13.9 Å². The Labute approximate surface area is 119 Å². The van der Waals surface area contributed by atoms with Gasteiger partial charge in [-0.1, -0.05) is 6.92 Å². The van der Waals surface area contributed by atoms with E-state index in [-0.39, 0.29) is 18.6 Å². The summed E-state index contributed by atoms with van der Waals surface area (Å²) in [6, 6.07) is 3.84.